The van der Waals surface area contributed by atoms with E-state index in [1.54, 1.807) is 17.4 Å². The zero-order valence-corrected chi connectivity index (χ0v) is 11.5. The van der Waals surface area contributed by atoms with Crippen molar-refractivity contribution in [3.8, 4) is 0 Å². The second-order valence-electron chi connectivity index (χ2n) is 4.24. The molecule has 0 aliphatic carbocycles. The van der Waals surface area contributed by atoms with Gasteiger partial charge in [-0.05, 0) is 37.6 Å². The molecule has 0 saturated carbocycles. The number of aryl methyl sites for hydroxylation is 2. The normalized spacial score (nSPS) is 10.4. The molecule has 6 heteroatoms. The Balaban J connectivity index is 2.14. The van der Waals surface area contributed by atoms with Crippen molar-refractivity contribution in [2.75, 3.05) is 11.1 Å². The maximum absolute atomic E-state index is 10.9. The fraction of sp³-hybridized carbons (Fsp3) is 0.231. The Morgan fingerprint density at radius 2 is 2.21 bits per heavy atom. The first-order valence-electron chi connectivity index (χ1n) is 5.77. The third-order valence-corrected chi connectivity index (χ3v) is 3.95. The molecule has 2 rings (SSSR count). The summed E-state index contributed by atoms with van der Waals surface area (Å²) in [5.41, 5.74) is 7.45. The number of carboxylic acids is 1. The van der Waals surface area contributed by atoms with Crippen molar-refractivity contribution in [1.82, 2.24) is 4.98 Å². The van der Waals surface area contributed by atoms with Gasteiger partial charge in [0, 0.05) is 9.75 Å². The van der Waals surface area contributed by atoms with Gasteiger partial charge in [-0.2, -0.15) is 0 Å². The highest BCUT2D eigenvalue weighted by Crippen LogP contribution is 2.23. The molecule has 0 aromatic carbocycles. The number of hydrogen-bond acceptors (Lipinski definition) is 5. The number of nitrogens with one attached hydrogen (secondary N) is 1. The largest absolute Gasteiger partial charge is 0.477 e. The Bertz CT molecular complexity index is 603. The third kappa shape index (κ3) is 3.03. The fourth-order valence-electron chi connectivity index (χ4n) is 1.64. The van der Waals surface area contributed by atoms with Crippen LogP contribution >= 0.6 is 11.3 Å². The lowest BCUT2D eigenvalue weighted by Gasteiger charge is -2.07. The van der Waals surface area contributed by atoms with Crippen molar-refractivity contribution in [2.45, 2.75) is 20.4 Å². The van der Waals surface area contributed by atoms with Gasteiger partial charge < -0.3 is 16.2 Å². The summed E-state index contributed by atoms with van der Waals surface area (Å²) in [6.45, 7) is 4.72. The Kier molecular flexibility index (Phi) is 3.71. The molecule has 0 atom stereocenters. The van der Waals surface area contributed by atoms with E-state index in [0.29, 0.717) is 18.1 Å². The smallest absolute Gasteiger partial charge is 0.354 e. The monoisotopic (exact) mass is 277 g/mol. The number of aromatic carboxylic acids is 1. The van der Waals surface area contributed by atoms with Gasteiger partial charge in [0.1, 0.15) is 0 Å². The standard InChI is InChI=1S/C13H15N3O2S/c1-7-5-9(19-8(7)2)6-15-12-10(14)3-4-11(16-12)13(17)18/h3-5H,6,14H2,1-2H3,(H,15,16)(H,17,18). The molecule has 0 unspecified atom stereocenters. The number of nitrogen functional groups attached to an aromatic ring is 1. The number of rotatable bonds is 4. The van der Waals surface area contributed by atoms with Crippen LogP contribution in [0.15, 0.2) is 18.2 Å². The molecule has 2 heterocycles. The molecule has 19 heavy (non-hydrogen) atoms. The first kappa shape index (κ1) is 13.4. The number of aromatic nitrogens is 1. The molecule has 100 valence electrons. The highest BCUT2D eigenvalue weighted by atomic mass is 32.1. The topological polar surface area (TPSA) is 88.2 Å². The number of hydrogen-bond donors (Lipinski definition) is 3. The van der Waals surface area contributed by atoms with Gasteiger partial charge in [-0.15, -0.1) is 11.3 Å². The summed E-state index contributed by atoms with van der Waals surface area (Å²) in [7, 11) is 0. The summed E-state index contributed by atoms with van der Waals surface area (Å²) >= 11 is 1.70. The van der Waals surface area contributed by atoms with Crippen molar-refractivity contribution in [1.29, 1.82) is 0 Å². The van der Waals surface area contributed by atoms with Crippen LogP contribution in [0.25, 0.3) is 0 Å². The Morgan fingerprint density at radius 3 is 2.79 bits per heavy atom. The molecule has 0 fully saturated rings. The number of carboxylic acid groups (broad SMARTS) is 1. The minimum absolute atomic E-state index is 0.0183. The van der Waals surface area contributed by atoms with Gasteiger partial charge in [0.05, 0.1) is 12.2 Å². The molecule has 0 aliphatic rings. The lowest BCUT2D eigenvalue weighted by atomic mass is 10.3. The molecule has 2 aromatic rings. The van der Waals surface area contributed by atoms with Crippen LogP contribution in [0.2, 0.25) is 0 Å². The van der Waals surface area contributed by atoms with E-state index >= 15 is 0 Å². The van der Waals surface area contributed by atoms with Crippen LogP contribution < -0.4 is 11.1 Å². The van der Waals surface area contributed by atoms with Crippen molar-refractivity contribution in [3.63, 3.8) is 0 Å². The van der Waals surface area contributed by atoms with Gasteiger partial charge in [0.15, 0.2) is 11.5 Å². The summed E-state index contributed by atoms with van der Waals surface area (Å²) < 4.78 is 0. The fourth-order valence-corrected chi connectivity index (χ4v) is 2.63. The molecule has 0 radical (unpaired) electrons. The van der Waals surface area contributed by atoms with E-state index in [4.69, 9.17) is 10.8 Å². The molecular formula is C13H15N3O2S. The first-order valence-corrected chi connectivity index (χ1v) is 6.58. The average molecular weight is 277 g/mol. The van der Waals surface area contributed by atoms with Gasteiger partial charge in [-0.1, -0.05) is 0 Å². The van der Waals surface area contributed by atoms with E-state index in [-0.39, 0.29) is 5.69 Å². The number of pyridine rings is 1. The van der Waals surface area contributed by atoms with Crippen LogP contribution in [0.5, 0.6) is 0 Å². The van der Waals surface area contributed by atoms with Gasteiger partial charge in [0.25, 0.3) is 0 Å². The summed E-state index contributed by atoms with van der Waals surface area (Å²) in [4.78, 5) is 17.3. The van der Waals surface area contributed by atoms with Crippen LogP contribution in [0.4, 0.5) is 11.5 Å². The van der Waals surface area contributed by atoms with Crippen LogP contribution in [-0.2, 0) is 6.54 Å². The summed E-state index contributed by atoms with van der Waals surface area (Å²) in [6, 6.07) is 5.04. The molecule has 0 aliphatic heterocycles. The van der Waals surface area contributed by atoms with Crippen molar-refractivity contribution in [3.05, 3.63) is 39.2 Å². The van der Waals surface area contributed by atoms with Crippen molar-refractivity contribution in [2.24, 2.45) is 0 Å². The number of nitrogens with zero attached hydrogens (tertiary/aromatic N) is 1. The van der Waals surface area contributed by atoms with Crippen molar-refractivity contribution < 1.29 is 9.90 Å². The molecule has 2 aromatic heterocycles. The molecule has 4 N–H and O–H groups in total. The number of nitrogens with two attached hydrogens (primary N) is 1. The summed E-state index contributed by atoms with van der Waals surface area (Å²) in [5.74, 6) is -0.658. The third-order valence-electron chi connectivity index (χ3n) is 2.79. The second-order valence-corrected chi connectivity index (χ2v) is 5.59. The molecule has 5 nitrogen and oxygen atoms in total. The Labute approximate surface area is 115 Å². The predicted octanol–water partition coefficient (Wildman–Crippen LogP) is 2.65. The van der Waals surface area contributed by atoms with Crippen LogP contribution in [0.3, 0.4) is 0 Å². The lowest BCUT2D eigenvalue weighted by Crippen LogP contribution is -2.08. The van der Waals surface area contributed by atoms with Crippen LogP contribution in [0.1, 0.15) is 25.8 Å². The van der Waals surface area contributed by atoms with Crippen LogP contribution in [0, 0.1) is 13.8 Å². The van der Waals surface area contributed by atoms with E-state index in [0.717, 1.165) is 4.88 Å². The van der Waals surface area contributed by atoms with Crippen molar-refractivity contribution >= 4 is 28.8 Å². The molecular weight excluding hydrogens is 262 g/mol. The average Bonchev–Trinajstić information content (AvgIpc) is 2.67. The second kappa shape index (κ2) is 5.27. The zero-order chi connectivity index (χ0) is 14.0. The van der Waals surface area contributed by atoms with E-state index < -0.39 is 5.97 Å². The number of anilines is 2. The van der Waals surface area contributed by atoms with Gasteiger partial charge >= 0.3 is 5.97 Å². The number of thiophene rings is 1. The highest BCUT2D eigenvalue weighted by Gasteiger charge is 2.09. The Morgan fingerprint density at radius 1 is 1.47 bits per heavy atom. The minimum atomic E-state index is -1.06. The zero-order valence-electron chi connectivity index (χ0n) is 10.7. The molecule has 0 amide bonds. The quantitative estimate of drug-likeness (QED) is 0.799. The van der Waals surface area contributed by atoms with E-state index in [9.17, 15) is 4.79 Å². The first-order chi connectivity index (χ1) is 8.97. The Hall–Kier alpha value is -2.08. The van der Waals surface area contributed by atoms with E-state index in [1.807, 2.05) is 0 Å². The van der Waals surface area contributed by atoms with Gasteiger partial charge in [-0.25, -0.2) is 9.78 Å². The maximum Gasteiger partial charge on any atom is 0.354 e. The predicted molar refractivity (Wildman–Crippen MR) is 76.7 cm³/mol. The maximum atomic E-state index is 10.9. The summed E-state index contributed by atoms with van der Waals surface area (Å²) in [5, 5.41) is 12.0. The van der Waals surface area contributed by atoms with E-state index in [1.165, 1.54) is 16.5 Å². The summed E-state index contributed by atoms with van der Waals surface area (Å²) in [6.07, 6.45) is 0. The van der Waals surface area contributed by atoms with E-state index in [2.05, 4.69) is 30.2 Å². The minimum Gasteiger partial charge on any atom is -0.477 e. The number of carbonyl (C=O) groups is 1. The SMILES string of the molecule is Cc1cc(CNc2nc(C(=O)O)ccc2N)sc1C. The molecule has 0 spiro atoms. The lowest BCUT2D eigenvalue weighted by molar-refractivity contribution is 0.0690. The van der Waals surface area contributed by atoms with Gasteiger partial charge in [0.2, 0.25) is 0 Å². The van der Waals surface area contributed by atoms with Gasteiger partial charge in [-0.3, -0.25) is 0 Å². The highest BCUT2D eigenvalue weighted by molar-refractivity contribution is 7.12. The molecule has 0 bridgehead atoms. The molecule has 0 saturated heterocycles. The van der Waals surface area contributed by atoms with Crippen LogP contribution in [-0.4, -0.2) is 16.1 Å².